The molecular formula is C15H24BrNO. The van der Waals surface area contributed by atoms with Crippen LogP contribution in [0.15, 0.2) is 22.7 Å². The number of unbranched alkanes of at least 4 members (excludes halogenated alkanes) is 5. The third-order valence-electron chi connectivity index (χ3n) is 3.00. The first-order valence-corrected chi connectivity index (χ1v) is 7.68. The van der Waals surface area contributed by atoms with E-state index >= 15 is 0 Å². The summed E-state index contributed by atoms with van der Waals surface area (Å²) in [5.74, 6) is 0.925. The summed E-state index contributed by atoms with van der Waals surface area (Å²) in [6.45, 7) is 3.55. The van der Waals surface area contributed by atoms with E-state index in [4.69, 9.17) is 10.5 Å². The van der Waals surface area contributed by atoms with Crippen LogP contribution >= 0.6 is 15.9 Å². The van der Waals surface area contributed by atoms with Gasteiger partial charge in [-0.15, -0.1) is 0 Å². The van der Waals surface area contributed by atoms with Gasteiger partial charge in [0.2, 0.25) is 0 Å². The van der Waals surface area contributed by atoms with Crippen molar-refractivity contribution in [2.75, 3.05) is 6.61 Å². The van der Waals surface area contributed by atoms with E-state index in [2.05, 4.69) is 22.9 Å². The Morgan fingerprint density at radius 3 is 2.56 bits per heavy atom. The van der Waals surface area contributed by atoms with Crippen LogP contribution < -0.4 is 10.5 Å². The van der Waals surface area contributed by atoms with Crippen LogP contribution in [0.25, 0.3) is 0 Å². The zero-order valence-corrected chi connectivity index (χ0v) is 12.8. The van der Waals surface area contributed by atoms with Crippen molar-refractivity contribution in [3.63, 3.8) is 0 Å². The largest absolute Gasteiger partial charge is 0.493 e. The Hall–Kier alpha value is -0.540. The third kappa shape index (κ3) is 5.87. The Morgan fingerprint density at radius 1 is 1.11 bits per heavy atom. The van der Waals surface area contributed by atoms with E-state index in [1.165, 1.54) is 32.1 Å². The maximum atomic E-state index is 5.79. The highest BCUT2D eigenvalue weighted by Gasteiger charge is 2.02. The molecule has 0 bridgehead atoms. The van der Waals surface area contributed by atoms with E-state index in [-0.39, 0.29) is 0 Å². The molecule has 0 atom stereocenters. The van der Waals surface area contributed by atoms with Crippen LogP contribution in [0.4, 0.5) is 0 Å². The van der Waals surface area contributed by atoms with Crippen molar-refractivity contribution in [3.05, 3.63) is 28.2 Å². The van der Waals surface area contributed by atoms with Crippen LogP contribution in [0, 0.1) is 0 Å². The van der Waals surface area contributed by atoms with E-state index < -0.39 is 0 Å². The maximum Gasteiger partial charge on any atom is 0.123 e. The van der Waals surface area contributed by atoms with Crippen LogP contribution in [-0.2, 0) is 6.54 Å². The van der Waals surface area contributed by atoms with Gasteiger partial charge in [-0.2, -0.15) is 0 Å². The molecule has 0 saturated carbocycles. The minimum absolute atomic E-state index is 0.519. The second-order valence-electron chi connectivity index (χ2n) is 4.57. The lowest BCUT2D eigenvalue weighted by molar-refractivity contribution is 0.301. The monoisotopic (exact) mass is 313 g/mol. The van der Waals surface area contributed by atoms with Gasteiger partial charge in [0.1, 0.15) is 5.75 Å². The molecular weight excluding hydrogens is 290 g/mol. The molecule has 3 heteroatoms. The molecule has 0 aliphatic heterocycles. The molecule has 1 aromatic carbocycles. The van der Waals surface area contributed by atoms with Gasteiger partial charge < -0.3 is 10.5 Å². The molecule has 0 unspecified atom stereocenters. The first-order valence-electron chi connectivity index (χ1n) is 6.89. The van der Waals surface area contributed by atoms with Crippen molar-refractivity contribution in [1.29, 1.82) is 0 Å². The van der Waals surface area contributed by atoms with Crippen LogP contribution in [-0.4, -0.2) is 6.61 Å². The number of ether oxygens (including phenoxy) is 1. The van der Waals surface area contributed by atoms with Gasteiger partial charge in [0.05, 0.1) is 6.61 Å². The molecule has 0 radical (unpaired) electrons. The van der Waals surface area contributed by atoms with Gasteiger partial charge in [-0.05, 0) is 24.6 Å². The Kier molecular flexibility index (Phi) is 8.10. The predicted molar refractivity (Wildman–Crippen MR) is 80.9 cm³/mol. The minimum Gasteiger partial charge on any atom is -0.493 e. The standard InChI is InChI=1S/C15H24BrNO/c1-2-3-4-5-6-7-10-18-15-9-8-14(16)11-13(15)12-17/h8-9,11H,2-7,10,12,17H2,1H3. The lowest BCUT2D eigenvalue weighted by atomic mass is 10.1. The topological polar surface area (TPSA) is 35.2 Å². The molecule has 0 fully saturated rings. The molecule has 2 N–H and O–H groups in total. The van der Waals surface area contributed by atoms with Gasteiger partial charge in [0.25, 0.3) is 0 Å². The smallest absolute Gasteiger partial charge is 0.123 e. The highest BCUT2D eigenvalue weighted by Crippen LogP contribution is 2.23. The van der Waals surface area contributed by atoms with E-state index in [1.54, 1.807) is 0 Å². The Morgan fingerprint density at radius 2 is 1.83 bits per heavy atom. The third-order valence-corrected chi connectivity index (χ3v) is 3.49. The van der Waals surface area contributed by atoms with Gasteiger partial charge in [0, 0.05) is 16.6 Å². The molecule has 0 spiro atoms. The first kappa shape index (κ1) is 15.5. The van der Waals surface area contributed by atoms with E-state index in [0.717, 1.165) is 28.8 Å². The fraction of sp³-hybridized carbons (Fsp3) is 0.600. The molecule has 0 aliphatic rings. The summed E-state index contributed by atoms with van der Waals surface area (Å²) in [7, 11) is 0. The molecule has 18 heavy (non-hydrogen) atoms. The van der Waals surface area contributed by atoms with Gasteiger partial charge in [-0.25, -0.2) is 0 Å². The van der Waals surface area contributed by atoms with E-state index in [1.807, 2.05) is 18.2 Å². The van der Waals surface area contributed by atoms with E-state index in [0.29, 0.717) is 6.54 Å². The minimum atomic E-state index is 0.519. The summed E-state index contributed by atoms with van der Waals surface area (Å²) in [6, 6.07) is 6.01. The fourth-order valence-corrected chi connectivity index (χ4v) is 2.32. The molecule has 0 aromatic heterocycles. The fourth-order valence-electron chi connectivity index (χ4n) is 1.91. The van der Waals surface area contributed by atoms with Crippen molar-refractivity contribution in [1.82, 2.24) is 0 Å². The van der Waals surface area contributed by atoms with Crippen LogP contribution in [0.3, 0.4) is 0 Å². The van der Waals surface area contributed by atoms with Crippen molar-refractivity contribution in [2.24, 2.45) is 5.73 Å². The molecule has 0 aliphatic carbocycles. The number of rotatable bonds is 9. The zero-order chi connectivity index (χ0) is 13.2. The average molecular weight is 314 g/mol. The van der Waals surface area contributed by atoms with Gasteiger partial charge in [0.15, 0.2) is 0 Å². The van der Waals surface area contributed by atoms with Crippen LogP contribution in [0.5, 0.6) is 5.75 Å². The Bertz CT molecular complexity index is 341. The number of nitrogens with two attached hydrogens (primary N) is 1. The second-order valence-corrected chi connectivity index (χ2v) is 5.49. The first-order chi connectivity index (χ1) is 8.77. The highest BCUT2D eigenvalue weighted by molar-refractivity contribution is 9.10. The molecule has 0 heterocycles. The number of benzene rings is 1. The molecule has 102 valence electrons. The normalized spacial score (nSPS) is 10.6. The molecule has 0 amide bonds. The molecule has 1 aromatic rings. The average Bonchev–Trinajstić information content (AvgIpc) is 2.39. The number of hydrogen-bond acceptors (Lipinski definition) is 2. The van der Waals surface area contributed by atoms with E-state index in [9.17, 15) is 0 Å². The SMILES string of the molecule is CCCCCCCCOc1ccc(Br)cc1CN. The van der Waals surface area contributed by atoms with Gasteiger partial charge >= 0.3 is 0 Å². The highest BCUT2D eigenvalue weighted by atomic mass is 79.9. The summed E-state index contributed by atoms with van der Waals surface area (Å²) in [5, 5.41) is 0. The summed E-state index contributed by atoms with van der Waals surface area (Å²) in [5.41, 5.74) is 6.77. The summed E-state index contributed by atoms with van der Waals surface area (Å²) in [4.78, 5) is 0. The summed E-state index contributed by atoms with van der Waals surface area (Å²) in [6.07, 6.45) is 7.71. The lowest BCUT2D eigenvalue weighted by Crippen LogP contribution is -2.03. The predicted octanol–water partition coefficient (Wildman–Crippen LogP) is 4.65. The maximum absolute atomic E-state index is 5.79. The second kappa shape index (κ2) is 9.40. The summed E-state index contributed by atoms with van der Waals surface area (Å²) >= 11 is 3.44. The van der Waals surface area contributed by atoms with Gasteiger partial charge in [-0.1, -0.05) is 55.0 Å². The Balaban J connectivity index is 2.22. The zero-order valence-electron chi connectivity index (χ0n) is 11.3. The Labute approximate surface area is 119 Å². The van der Waals surface area contributed by atoms with Crippen LogP contribution in [0.1, 0.15) is 51.0 Å². The number of halogens is 1. The lowest BCUT2D eigenvalue weighted by Gasteiger charge is -2.10. The van der Waals surface area contributed by atoms with Crippen LogP contribution in [0.2, 0.25) is 0 Å². The number of hydrogen-bond donors (Lipinski definition) is 1. The molecule has 1 rings (SSSR count). The van der Waals surface area contributed by atoms with Crippen molar-refractivity contribution in [3.8, 4) is 5.75 Å². The molecule has 0 saturated heterocycles. The quantitative estimate of drug-likeness (QED) is 0.674. The summed E-state index contributed by atoms with van der Waals surface area (Å²) < 4.78 is 6.84. The van der Waals surface area contributed by atoms with Crippen molar-refractivity contribution in [2.45, 2.75) is 52.0 Å². The van der Waals surface area contributed by atoms with Gasteiger partial charge in [-0.3, -0.25) is 0 Å². The van der Waals surface area contributed by atoms with Crippen molar-refractivity contribution < 1.29 is 4.74 Å². The molecule has 2 nitrogen and oxygen atoms in total. The van der Waals surface area contributed by atoms with Crippen molar-refractivity contribution >= 4 is 15.9 Å².